The van der Waals surface area contributed by atoms with Gasteiger partial charge in [0, 0.05) is 56.0 Å². The standard InChI is InChI=1S/C21H32ClN3O3/c1-20(7-4-10-28-20)14-24-19(23-2)25-15-21(8-11-27-12-9-21)17-13-16(22)5-6-18(17)26-3/h5-6,13H,4,7-12,14-15H2,1-3H3,(H2,23,24,25). The molecule has 2 N–H and O–H groups in total. The minimum atomic E-state index is -0.125. The normalized spacial score (nSPS) is 24.8. The fourth-order valence-electron chi connectivity index (χ4n) is 4.12. The average molecular weight is 410 g/mol. The van der Waals surface area contributed by atoms with E-state index in [1.54, 1.807) is 14.2 Å². The maximum absolute atomic E-state index is 6.33. The van der Waals surface area contributed by atoms with Gasteiger partial charge in [-0.15, -0.1) is 0 Å². The van der Waals surface area contributed by atoms with E-state index < -0.39 is 0 Å². The van der Waals surface area contributed by atoms with Crippen LogP contribution in [0.4, 0.5) is 0 Å². The van der Waals surface area contributed by atoms with Crippen molar-refractivity contribution >= 4 is 17.6 Å². The second kappa shape index (κ2) is 9.33. The molecule has 0 bridgehead atoms. The van der Waals surface area contributed by atoms with E-state index in [9.17, 15) is 0 Å². The third-order valence-corrected chi connectivity index (χ3v) is 6.17. The second-order valence-corrected chi connectivity index (χ2v) is 8.35. The monoisotopic (exact) mass is 409 g/mol. The molecule has 156 valence electrons. The predicted molar refractivity (Wildman–Crippen MR) is 113 cm³/mol. The lowest BCUT2D eigenvalue weighted by molar-refractivity contribution is 0.0242. The summed E-state index contributed by atoms with van der Waals surface area (Å²) in [4.78, 5) is 4.40. The number of methoxy groups -OCH3 is 1. The van der Waals surface area contributed by atoms with Crippen molar-refractivity contribution in [1.29, 1.82) is 0 Å². The molecule has 0 spiro atoms. The first-order valence-corrected chi connectivity index (χ1v) is 10.4. The molecule has 2 fully saturated rings. The molecule has 3 rings (SSSR count). The van der Waals surface area contributed by atoms with Crippen LogP contribution in [0.1, 0.15) is 38.2 Å². The molecule has 1 unspecified atom stereocenters. The molecular formula is C21H32ClN3O3. The molecule has 0 amide bonds. The second-order valence-electron chi connectivity index (χ2n) is 7.92. The Morgan fingerprint density at radius 2 is 1.93 bits per heavy atom. The highest BCUT2D eigenvalue weighted by Gasteiger charge is 2.37. The summed E-state index contributed by atoms with van der Waals surface area (Å²) in [6.45, 7) is 5.89. The molecule has 7 heteroatoms. The largest absolute Gasteiger partial charge is 0.496 e. The van der Waals surface area contributed by atoms with Crippen molar-refractivity contribution in [3.63, 3.8) is 0 Å². The molecule has 2 saturated heterocycles. The lowest BCUT2D eigenvalue weighted by atomic mass is 9.73. The quantitative estimate of drug-likeness (QED) is 0.558. The van der Waals surface area contributed by atoms with Crippen LogP contribution in [0.25, 0.3) is 0 Å². The minimum absolute atomic E-state index is 0.121. The van der Waals surface area contributed by atoms with Gasteiger partial charge in [-0.1, -0.05) is 11.6 Å². The molecule has 0 aromatic heterocycles. The highest BCUT2D eigenvalue weighted by atomic mass is 35.5. The van der Waals surface area contributed by atoms with Crippen molar-refractivity contribution in [2.24, 2.45) is 4.99 Å². The molecule has 0 radical (unpaired) electrons. The fraction of sp³-hybridized carbons (Fsp3) is 0.667. The molecule has 2 aliphatic heterocycles. The van der Waals surface area contributed by atoms with Gasteiger partial charge in [0.2, 0.25) is 0 Å². The molecule has 2 aliphatic rings. The number of hydrogen-bond donors (Lipinski definition) is 2. The number of aliphatic imine (C=N–C) groups is 1. The van der Waals surface area contributed by atoms with Crippen LogP contribution in [-0.4, -0.2) is 58.6 Å². The number of nitrogens with one attached hydrogen (secondary N) is 2. The summed E-state index contributed by atoms with van der Waals surface area (Å²) in [7, 11) is 3.50. The number of ether oxygens (including phenoxy) is 3. The van der Waals surface area contributed by atoms with Gasteiger partial charge in [-0.25, -0.2) is 0 Å². The summed E-state index contributed by atoms with van der Waals surface area (Å²) in [6.07, 6.45) is 3.98. The zero-order chi connectivity index (χ0) is 20.0. The van der Waals surface area contributed by atoms with Crippen molar-refractivity contribution in [2.75, 3.05) is 47.1 Å². The Labute approximate surface area is 173 Å². The highest BCUT2D eigenvalue weighted by molar-refractivity contribution is 6.30. The number of guanidine groups is 1. The predicted octanol–water partition coefficient (Wildman–Crippen LogP) is 3.13. The summed E-state index contributed by atoms with van der Waals surface area (Å²) in [5, 5.41) is 7.66. The first-order valence-electron chi connectivity index (χ1n) is 10.0. The Kier molecular flexibility index (Phi) is 7.07. The lowest BCUT2D eigenvalue weighted by Crippen LogP contribution is -2.50. The molecule has 0 aliphatic carbocycles. The van der Waals surface area contributed by atoms with Crippen molar-refractivity contribution in [3.8, 4) is 5.75 Å². The van der Waals surface area contributed by atoms with Crippen LogP contribution in [-0.2, 0) is 14.9 Å². The molecule has 2 heterocycles. The van der Waals surface area contributed by atoms with E-state index in [0.29, 0.717) is 0 Å². The van der Waals surface area contributed by atoms with Crippen LogP contribution in [0.5, 0.6) is 5.75 Å². The number of halogens is 1. The first kappa shape index (κ1) is 21.2. The summed E-state index contributed by atoms with van der Waals surface area (Å²) < 4.78 is 17.2. The minimum Gasteiger partial charge on any atom is -0.496 e. The number of nitrogens with zero attached hydrogens (tertiary/aromatic N) is 1. The summed E-state index contributed by atoms with van der Waals surface area (Å²) in [5.74, 6) is 1.64. The van der Waals surface area contributed by atoms with Gasteiger partial charge in [-0.2, -0.15) is 0 Å². The van der Waals surface area contributed by atoms with Gasteiger partial charge < -0.3 is 24.8 Å². The van der Waals surface area contributed by atoms with Gasteiger partial charge in [0.15, 0.2) is 5.96 Å². The summed E-state index contributed by atoms with van der Waals surface area (Å²) >= 11 is 6.33. The van der Waals surface area contributed by atoms with Crippen molar-refractivity contribution < 1.29 is 14.2 Å². The van der Waals surface area contributed by atoms with Crippen LogP contribution in [0, 0.1) is 0 Å². The van der Waals surface area contributed by atoms with Gasteiger partial charge in [0.05, 0.1) is 12.7 Å². The maximum atomic E-state index is 6.33. The molecule has 1 aromatic rings. The third-order valence-electron chi connectivity index (χ3n) is 5.93. The Hall–Kier alpha value is -1.50. The lowest BCUT2D eigenvalue weighted by Gasteiger charge is -2.39. The SMILES string of the molecule is CN=C(NCC1(C)CCCO1)NCC1(c2cc(Cl)ccc2OC)CCOCC1. The Balaban J connectivity index is 1.73. The van der Waals surface area contributed by atoms with Gasteiger partial charge >= 0.3 is 0 Å². The van der Waals surface area contributed by atoms with Crippen LogP contribution in [0.3, 0.4) is 0 Å². The van der Waals surface area contributed by atoms with E-state index in [1.807, 2.05) is 18.2 Å². The molecule has 6 nitrogen and oxygen atoms in total. The van der Waals surface area contributed by atoms with Crippen LogP contribution in [0.15, 0.2) is 23.2 Å². The number of rotatable bonds is 6. The van der Waals surface area contributed by atoms with Crippen LogP contribution in [0.2, 0.25) is 5.02 Å². The van der Waals surface area contributed by atoms with Crippen LogP contribution >= 0.6 is 11.6 Å². The molecule has 28 heavy (non-hydrogen) atoms. The summed E-state index contributed by atoms with van der Waals surface area (Å²) in [5.41, 5.74) is 0.879. The maximum Gasteiger partial charge on any atom is 0.191 e. The van der Waals surface area contributed by atoms with Crippen LogP contribution < -0.4 is 15.4 Å². The first-order chi connectivity index (χ1) is 13.5. The van der Waals surface area contributed by atoms with Crippen molar-refractivity contribution in [1.82, 2.24) is 10.6 Å². The van der Waals surface area contributed by atoms with E-state index in [0.717, 1.165) is 80.9 Å². The van der Waals surface area contributed by atoms with E-state index in [4.69, 9.17) is 25.8 Å². The van der Waals surface area contributed by atoms with E-state index >= 15 is 0 Å². The summed E-state index contributed by atoms with van der Waals surface area (Å²) in [6, 6.07) is 5.84. The third kappa shape index (κ3) is 4.91. The Bertz CT molecular complexity index is 683. The molecule has 0 saturated carbocycles. The smallest absolute Gasteiger partial charge is 0.191 e. The van der Waals surface area contributed by atoms with Gasteiger partial charge in [0.25, 0.3) is 0 Å². The Morgan fingerprint density at radius 1 is 1.18 bits per heavy atom. The Morgan fingerprint density at radius 3 is 2.57 bits per heavy atom. The van der Waals surface area contributed by atoms with Crippen molar-refractivity contribution in [2.45, 2.75) is 43.6 Å². The highest BCUT2D eigenvalue weighted by Crippen LogP contribution is 2.40. The molecule has 1 aromatic carbocycles. The number of hydrogen-bond acceptors (Lipinski definition) is 4. The van der Waals surface area contributed by atoms with E-state index in [1.165, 1.54) is 0 Å². The van der Waals surface area contributed by atoms with Gasteiger partial charge in [-0.3, -0.25) is 4.99 Å². The zero-order valence-corrected chi connectivity index (χ0v) is 17.9. The molecular weight excluding hydrogens is 378 g/mol. The topological polar surface area (TPSA) is 64.1 Å². The number of benzene rings is 1. The van der Waals surface area contributed by atoms with E-state index in [-0.39, 0.29) is 11.0 Å². The van der Waals surface area contributed by atoms with Crippen molar-refractivity contribution in [3.05, 3.63) is 28.8 Å². The fourth-order valence-corrected chi connectivity index (χ4v) is 4.29. The van der Waals surface area contributed by atoms with Gasteiger partial charge in [-0.05, 0) is 50.8 Å². The zero-order valence-electron chi connectivity index (χ0n) is 17.1. The van der Waals surface area contributed by atoms with Gasteiger partial charge in [0.1, 0.15) is 5.75 Å². The molecule has 1 atom stereocenters. The van der Waals surface area contributed by atoms with E-state index in [2.05, 4.69) is 22.5 Å². The average Bonchev–Trinajstić information content (AvgIpc) is 3.15.